The van der Waals surface area contributed by atoms with Crippen molar-refractivity contribution in [2.75, 3.05) is 9.80 Å². The minimum Gasteiger partial charge on any atom is -0.311 e. The van der Waals surface area contributed by atoms with E-state index in [-0.39, 0.29) is 5.41 Å². The molecule has 264 valence electrons. The highest BCUT2D eigenvalue weighted by Gasteiger charge is 2.41. The predicted molar refractivity (Wildman–Crippen MR) is 227 cm³/mol. The highest BCUT2D eigenvalue weighted by atomic mass is 15.1. The second-order valence-electron chi connectivity index (χ2n) is 14.6. The van der Waals surface area contributed by atoms with E-state index in [9.17, 15) is 0 Å². The van der Waals surface area contributed by atoms with Crippen LogP contribution < -0.4 is 9.80 Å². The Bertz CT molecular complexity index is 1990. The standard InChI is InChI=1S/C51H50N2/c1-7-41(6)51(42-11-9-8-10-12-42,43-21-33-49(34-22-43)52(45-25-13-37(2)14-26-45)46-27-15-38(3)16-28-46)44-23-35-50(36-24-44)53(47-29-17-39(4)18-30-47)48-31-19-40(5)20-32-48/h8-36,41H,7H2,1-6H3. The number of anilines is 6. The monoisotopic (exact) mass is 690 g/mol. The molecule has 0 heterocycles. The number of hydrogen-bond donors (Lipinski definition) is 0. The zero-order chi connectivity index (χ0) is 37.0. The van der Waals surface area contributed by atoms with Gasteiger partial charge in [-0.2, -0.15) is 0 Å². The molecule has 0 aliphatic carbocycles. The normalized spacial score (nSPS) is 12.0. The molecule has 53 heavy (non-hydrogen) atoms. The molecule has 7 rings (SSSR count). The molecule has 7 aromatic carbocycles. The lowest BCUT2D eigenvalue weighted by Gasteiger charge is -2.41. The van der Waals surface area contributed by atoms with E-state index in [0.29, 0.717) is 5.92 Å². The molecule has 0 saturated carbocycles. The topological polar surface area (TPSA) is 6.48 Å². The van der Waals surface area contributed by atoms with E-state index >= 15 is 0 Å². The minimum atomic E-state index is -0.371. The summed E-state index contributed by atoms with van der Waals surface area (Å²) in [6, 6.07) is 65.0. The third-order valence-corrected chi connectivity index (χ3v) is 10.9. The van der Waals surface area contributed by atoms with Gasteiger partial charge in [0.05, 0.1) is 0 Å². The molecular formula is C51H50N2. The van der Waals surface area contributed by atoms with Crippen molar-refractivity contribution in [3.05, 3.63) is 215 Å². The van der Waals surface area contributed by atoms with Gasteiger partial charge >= 0.3 is 0 Å². The van der Waals surface area contributed by atoms with E-state index < -0.39 is 0 Å². The van der Waals surface area contributed by atoms with E-state index in [0.717, 1.165) is 40.5 Å². The van der Waals surface area contributed by atoms with Crippen LogP contribution in [0.1, 0.15) is 59.2 Å². The van der Waals surface area contributed by atoms with Gasteiger partial charge in [0.25, 0.3) is 0 Å². The Labute approximate surface area is 317 Å². The van der Waals surface area contributed by atoms with Crippen LogP contribution in [0.25, 0.3) is 0 Å². The first kappa shape index (κ1) is 35.5. The quantitative estimate of drug-likeness (QED) is 0.125. The van der Waals surface area contributed by atoms with Crippen molar-refractivity contribution in [2.45, 2.75) is 53.4 Å². The van der Waals surface area contributed by atoms with Crippen LogP contribution in [-0.2, 0) is 5.41 Å². The third-order valence-electron chi connectivity index (χ3n) is 10.9. The molecule has 0 bridgehead atoms. The molecule has 7 aromatic rings. The highest BCUT2D eigenvalue weighted by molar-refractivity contribution is 5.78. The van der Waals surface area contributed by atoms with Crippen LogP contribution in [0.15, 0.2) is 176 Å². The number of benzene rings is 7. The van der Waals surface area contributed by atoms with E-state index in [2.05, 4.69) is 227 Å². The number of nitrogens with zero attached hydrogens (tertiary/aromatic N) is 2. The van der Waals surface area contributed by atoms with Gasteiger partial charge in [0.1, 0.15) is 0 Å². The molecule has 1 atom stereocenters. The molecule has 0 saturated heterocycles. The van der Waals surface area contributed by atoms with Gasteiger partial charge in [-0.15, -0.1) is 0 Å². The van der Waals surface area contributed by atoms with Crippen molar-refractivity contribution in [3.8, 4) is 0 Å². The van der Waals surface area contributed by atoms with Gasteiger partial charge in [-0.25, -0.2) is 0 Å². The molecule has 2 nitrogen and oxygen atoms in total. The van der Waals surface area contributed by atoms with Crippen molar-refractivity contribution >= 4 is 34.1 Å². The molecule has 0 aromatic heterocycles. The van der Waals surface area contributed by atoms with Crippen LogP contribution in [0, 0.1) is 33.6 Å². The maximum atomic E-state index is 2.41. The van der Waals surface area contributed by atoms with Gasteiger partial charge in [0.15, 0.2) is 0 Å². The first-order valence-electron chi connectivity index (χ1n) is 18.9. The Hall–Kier alpha value is -5.86. The molecule has 2 heteroatoms. The van der Waals surface area contributed by atoms with E-state index in [1.54, 1.807) is 0 Å². The molecule has 0 radical (unpaired) electrons. The summed E-state index contributed by atoms with van der Waals surface area (Å²) in [5, 5.41) is 0. The van der Waals surface area contributed by atoms with Gasteiger partial charge in [-0.05, 0) is 123 Å². The summed E-state index contributed by atoms with van der Waals surface area (Å²) in [5.74, 6) is 0.317. The maximum Gasteiger partial charge on any atom is 0.0476 e. The lowest BCUT2D eigenvalue weighted by atomic mass is 9.61. The molecular weight excluding hydrogens is 641 g/mol. The van der Waals surface area contributed by atoms with Crippen LogP contribution in [-0.4, -0.2) is 0 Å². The fraction of sp³-hybridized carbons (Fsp3) is 0.176. The van der Waals surface area contributed by atoms with Crippen LogP contribution in [0.5, 0.6) is 0 Å². The number of hydrogen-bond acceptors (Lipinski definition) is 2. The highest BCUT2D eigenvalue weighted by Crippen LogP contribution is 2.48. The molecule has 0 amide bonds. The van der Waals surface area contributed by atoms with Crippen molar-refractivity contribution in [1.82, 2.24) is 0 Å². The Morgan fingerprint density at radius 3 is 0.868 bits per heavy atom. The molecule has 0 fully saturated rings. The van der Waals surface area contributed by atoms with Crippen molar-refractivity contribution < 1.29 is 0 Å². The SMILES string of the molecule is CCC(C)C(c1ccccc1)(c1ccc(N(c2ccc(C)cc2)c2ccc(C)cc2)cc1)c1ccc(N(c2ccc(C)cc2)c2ccc(C)cc2)cc1. The first-order valence-corrected chi connectivity index (χ1v) is 18.9. The first-order chi connectivity index (χ1) is 25.8. The Kier molecular flexibility index (Phi) is 10.3. The van der Waals surface area contributed by atoms with Gasteiger partial charge in [0.2, 0.25) is 0 Å². The van der Waals surface area contributed by atoms with Crippen molar-refractivity contribution in [1.29, 1.82) is 0 Å². The van der Waals surface area contributed by atoms with Crippen LogP contribution >= 0.6 is 0 Å². The summed E-state index contributed by atoms with van der Waals surface area (Å²) >= 11 is 0. The summed E-state index contributed by atoms with van der Waals surface area (Å²) in [6.45, 7) is 13.3. The Balaban J connectivity index is 1.36. The summed E-state index contributed by atoms with van der Waals surface area (Å²) in [6.07, 6.45) is 1.02. The third kappa shape index (κ3) is 7.15. The second-order valence-corrected chi connectivity index (χ2v) is 14.6. The zero-order valence-electron chi connectivity index (χ0n) is 31.9. The summed E-state index contributed by atoms with van der Waals surface area (Å²) in [4.78, 5) is 4.71. The largest absolute Gasteiger partial charge is 0.311 e. The minimum absolute atomic E-state index is 0.317. The molecule has 0 aliphatic heterocycles. The van der Waals surface area contributed by atoms with E-state index in [1.165, 1.54) is 38.9 Å². The van der Waals surface area contributed by atoms with E-state index in [1.807, 2.05) is 0 Å². The van der Waals surface area contributed by atoms with Gasteiger partial charge < -0.3 is 9.80 Å². The predicted octanol–water partition coefficient (Wildman–Crippen LogP) is 14.2. The molecule has 0 N–H and O–H groups in total. The van der Waals surface area contributed by atoms with Gasteiger partial charge in [-0.1, -0.05) is 146 Å². The van der Waals surface area contributed by atoms with E-state index in [4.69, 9.17) is 0 Å². The molecule has 0 spiro atoms. The summed E-state index contributed by atoms with van der Waals surface area (Å²) in [7, 11) is 0. The zero-order valence-corrected chi connectivity index (χ0v) is 31.9. The number of rotatable bonds is 11. The lowest BCUT2D eigenvalue weighted by molar-refractivity contribution is 0.392. The second kappa shape index (κ2) is 15.4. The fourth-order valence-electron chi connectivity index (χ4n) is 7.78. The van der Waals surface area contributed by atoms with Crippen LogP contribution in [0.3, 0.4) is 0 Å². The van der Waals surface area contributed by atoms with Gasteiger partial charge in [-0.3, -0.25) is 0 Å². The van der Waals surface area contributed by atoms with Crippen LogP contribution in [0.4, 0.5) is 34.1 Å². The van der Waals surface area contributed by atoms with Gasteiger partial charge in [0, 0.05) is 39.5 Å². The fourth-order valence-corrected chi connectivity index (χ4v) is 7.78. The summed E-state index contributed by atoms with van der Waals surface area (Å²) in [5.41, 5.74) is 15.4. The Morgan fingerprint density at radius 1 is 0.358 bits per heavy atom. The average Bonchev–Trinajstić information content (AvgIpc) is 3.19. The molecule has 0 aliphatic rings. The van der Waals surface area contributed by atoms with Crippen molar-refractivity contribution in [2.24, 2.45) is 5.92 Å². The smallest absolute Gasteiger partial charge is 0.0476 e. The molecule has 1 unspecified atom stereocenters. The maximum absolute atomic E-state index is 2.41. The van der Waals surface area contributed by atoms with Crippen molar-refractivity contribution in [3.63, 3.8) is 0 Å². The van der Waals surface area contributed by atoms with Crippen LogP contribution in [0.2, 0.25) is 0 Å². The average molecular weight is 691 g/mol. The Morgan fingerprint density at radius 2 is 0.604 bits per heavy atom. The lowest BCUT2D eigenvalue weighted by Crippen LogP contribution is -2.36. The number of aryl methyl sites for hydroxylation is 4. The summed E-state index contributed by atoms with van der Waals surface area (Å²) < 4.78 is 0.